The minimum absolute atomic E-state index is 0.0955. The van der Waals surface area contributed by atoms with Crippen LogP contribution in [0.3, 0.4) is 0 Å². The third-order valence-electron chi connectivity index (χ3n) is 3.39. The van der Waals surface area contributed by atoms with Crippen molar-refractivity contribution in [3.8, 4) is 5.69 Å². The molecule has 5 nitrogen and oxygen atoms in total. The monoisotopic (exact) mass is 366 g/mol. The Balaban J connectivity index is 1.93. The largest absolute Gasteiger partial charge is 0.289 e. The Morgan fingerprint density at radius 1 is 0.962 bits per heavy atom. The molecule has 3 rings (SSSR count). The number of halogens is 5. The van der Waals surface area contributed by atoms with Crippen LogP contribution in [0, 0.1) is 29.1 Å². The van der Waals surface area contributed by atoms with E-state index in [0.717, 1.165) is 0 Å². The fraction of sp³-hybridized carbons (Fsp3) is 0. The molecule has 1 heterocycles. The summed E-state index contributed by atoms with van der Waals surface area (Å²) in [4.78, 5) is 12.1. The molecule has 0 aliphatic heterocycles. The molecule has 0 saturated heterocycles. The quantitative estimate of drug-likeness (QED) is 0.234. The fourth-order valence-corrected chi connectivity index (χ4v) is 2.10. The lowest BCUT2D eigenvalue weighted by molar-refractivity contribution is 0.104. The van der Waals surface area contributed by atoms with E-state index < -0.39 is 40.4 Å². The molecule has 3 aromatic rings. The topological polar surface area (TPSA) is 60.7 Å². The van der Waals surface area contributed by atoms with Crippen molar-refractivity contribution in [2.24, 2.45) is 0 Å². The molecule has 2 aromatic carbocycles. The van der Waals surface area contributed by atoms with E-state index in [1.165, 1.54) is 29.2 Å². The first kappa shape index (κ1) is 17.4. The molecule has 0 bridgehead atoms. The van der Waals surface area contributed by atoms with Crippen LogP contribution in [0.15, 0.2) is 36.7 Å². The lowest BCUT2D eigenvalue weighted by Crippen LogP contribution is -2.04. The highest BCUT2D eigenvalue weighted by atomic mass is 19.2. The number of carbonyl (C=O) groups is 1. The number of nitrogens with zero attached hydrogens (tertiary/aromatic N) is 4. The normalized spacial score (nSPS) is 11.3. The maximum Gasteiger partial charge on any atom is 0.200 e. The van der Waals surface area contributed by atoms with Crippen molar-refractivity contribution in [1.29, 1.82) is 0 Å². The molecule has 1 aromatic heterocycles. The maximum atomic E-state index is 13.6. The van der Waals surface area contributed by atoms with Crippen LogP contribution in [0.4, 0.5) is 22.0 Å². The Morgan fingerprint density at radius 3 is 2.23 bits per heavy atom. The Hall–Kier alpha value is -3.43. The average molecular weight is 366 g/mol. The first-order valence-corrected chi connectivity index (χ1v) is 6.97. The molecular weight excluding hydrogens is 359 g/mol. The summed E-state index contributed by atoms with van der Waals surface area (Å²) in [7, 11) is 0. The van der Waals surface area contributed by atoms with Crippen LogP contribution in [-0.4, -0.2) is 26.0 Å². The summed E-state index contributed by atoms with van der Waals surface area (Å²) in [5.74, 6) is -11.2. The highest BCUT2D eigenvalue weighted by molar-refractivity contribution is 6.07. The van der Waals surface area contributed by atoms with Crippen LogP contribution >= 0.6 is 0 Å². The van der Waals surface area contributed by atoms with Crippen molar-refractivity contribution >= 4 is 11.9 Å². The Bertz CT molecular complexity index is 989. The van der Waals surface area contributed by atoms with Crippen LogP contribution < -0.4 is 0 Å². The molecule has 0 amide bonds. The lowest BCUT2D eigenvalue weighted by atomic mass is 10.1. The Morgan fingerprint density at radius 2 is 1.62 bits per heavy atom. The van der Waals surface area contributed by atoms with Crippen LogP contribution in [0.5, 0.6) is 0 Å². The maximum absolute atomic E-state index is 13.6. The molecular formula is C16H7F5N4O. The van der Waals surface area contributed by atoms with E-state index in [2.05, 4.69) is 15.5 Å². The van der Waals surface area contributed by atoms with E-state index in [9.17, 15) is 26.7 Å². The highest BCUT2D eigenvalue weighted by Crippen LogP contribution is 2.24. The smallest absolute Gasteiger partial charge is 0.200 e. The van der Waals surface area contributed by atoms with Crippen LogP contribution in [0.1, 0.15) is 15.9 Å². The average Bonchev–Trinajstić information content (AvgIpc) is 3.19. The SMILES string of the molecule is O=C(/C=C/c1c(F)c(F)c(F)c(F)c1F)c1cccc(-n2cnnn2)c1. The molecule has 26 heavy (non-hydrogen) atoms. The van der Waals surface area contributed by atoms with Gasteiger partial charge in [0.25, 0.3) is 0 Å². The van der Waals surface area contributed by atoms with E-state index in [-0.39, 0.29) is 5.56 Å². The summed E-state index contributed by atoms with van der Waals surface area (Å²) < 4.78 is 67.8. The zero-order valence-corrected chi connectivity index (χ0v) is 12.6. The van der Waals surface area contributed by atoms with Gasteiger partial charge in [0.05, 0.1) is 11.3 Å². The van der Waals surface area contributed by atoms with Gasteiger partial charge in [0.1, 0.15) is 6.33 Å². The number of hydrogen-bond acceptors (Lipinski definition) is 4. The van der Waals surface area contributed by atoms with Crippen LogP contribution in [0.2, 0.25) is 0 Å². The zero-order valence-electron chi connectivity index (χ0n) is 12.6. The molecule has 0 atom stereocenters. The molecule has 0 N–H and O–H groups in total. The van der Waals surface area contributed by atoms with Crippen molar-refractivity contribution in [2.75, 3.05) is 0 Å². The molecule has 10 heteroatoms. The highest BCUT2D eigenvalue weighted by Gasteiger charge is 2.24. The fourth-order valence-electron chi connectivity index (χ4n) is 2.10. The molecule has 0 unspecified atom stereocenters. The van der Waals surface area contributed by atoms with E-state index >= 15 is 0 Å². The molecule has 0 fully saturated rings. The Labute approximate surface area is 142 Å². The van der Waals surface area contributed by atoms with Gasteiger partial charge in [0.15, 0.2) is 29.1 Å². The third-order valence-corrected chi connectivity index (χ3v) is 3.39. The summed E-state index contributed by atoms with van der Waals surface area (Å²) >= 11 is 0. The number of allylic oxidation sites excluding steroid dienone is 1. The van der Waals surface area contributed by atoms with Crippen molar-refractivity contribution in [3.63, 3.8) is 0 Å². The van der Waals surface area contributed by atoms with Gasteiger partial charge >= 0.3 is 0 Å². The van der Waals surface area contributed by atoms with Gasteiger partial charge in [-0.1, -0.05) is 12.1 Å². The molecule has 0 aliphatic rings. The van der Waals surface area contributed by atoms with Gasteiger partial charge < -0.3 is 0 Å². The van der Waals surface area contributed by atoms with E-state index in [1.807, 2.05) is 0 Å². The molecule has 0 saturated carbocycles. The van der Waals surface area contributed by atoms with Gasteiger partial charge in [-0.2, -0.15) is 0 Å². The van der Waals surface area contributed by atoms with Crippen LogP contribution in [-0.2, 0) is 0 Å². The van der Waals surface area contributed by atoms with Gasteiger partial charge in [-0.25, -0.2) is 26.6 Å². The zero-order chi connectivity index (χ0) is 18.8. The van der Waals surface area contributed by atoms with Crippen molar-refractivity contribution in [2.45, 2.75) is 0 Å². The van der Waals surface area contributed by atoms with E-state index in [0.29, 0.717) is 17.8 Å². The van der Waals surface area contributed by atoms with Crippen LogP contribution in [0.25, 0.3) is 11.8 Å². The van der Waals surface area contributed by atoms with Gasteiger partial charge in [-0.05, 0) is 34.7 Å². The van der Waals surface area contributed by atoms with Crippen molar-refractivity contribution in [1.82, 2.24) is 20.2 Å². The second-order valence-electron chi connectivity index (χ2n) is 4.99. The second kappa shape index (κ2) is 6.82. The number of rotatable bonds is 4. The van der Waals surface area contributed by atoms with E-state index in [4.69, 9.17) is 0 Å². The molecule has 0 radical (unpaired) electrons. The van der Waals surface area contributed by atoms with Crippen molar-refractivity contribution < 1.29 is 26.7 Å². The van der Waals surface area contributed by atoms with Crippen molar-refractivity contribution in [3.05, 3.63) is 76.9 Å². The number of carbonyl (C=O) groups excluding carboxylic acids is 1. The number of hydrogen-bond donors (Lipinski definition) is 0. The summed E-state index contributed by atoms with van der Waals surface area (Å²) in [6, 6.07) is 5.90. The van der Waals surface area contributed by atoms with Gasteiger partial charge in [0, 0.05) is 5.56 Å². The number of benzene rings is 2. The summed E-state index contributed by atoms with van der Waals surface area (Å²) in [5.41, 5.74) is -0.671. The predicted molar refractivity (Wildman–Crippen MR) is 78.8 cm³/mol. The van der Waals surface area contributed by atoms with E-state index in [1.54, 1.807) is 6.07 Å². The van der Waals surface area contributed by atoms with Gasteiger partial charge in [-0.15, -0.1) is 5.10 Å². The summed E-state index contributed by atoms with van der Waals surface area (Å²) in [6.45, 7) is 0. The van der Waals surface area contributed by atoms with Gasteiger partial charge in [0.2, 0.25) is 5.82 Å². The third kappa shape index (κ3) is 3.08. The predicted octanol–water partition coefficient (Wildman–Crippen LogP) is 3.25. The lowest BCUT2D eigenvalue weighted by Gasteiger charge is -2.04. The first-order chi connectivity index (χ1) is 12.4. The minimum Gasteiger partial charge on any atom is -0.289 e. The Kier molecular flexibility index (Phi) is 4.57. The second-order valence-corrected chi connectivity index (χ2v) is 4.99. The number of tetrazole rings is 1. The molecule has 0 spiro atoms. The number of ketones is 1. The standard InChI is InChI=1S/C16H7F5N4O/c17-12-10(13(18)15(20)16(21)14(12)19)4-5-11(26)8-2-1-3-9(6-8)25-7-22-23-24-25/h1-7H/b5-4+. The first-order valence-electron chi connectivity index (χ1n) is 6.97. The molecule has 0 aliphatic carbocycles. The minimum atomic E-state index is -2.27. The molecule has 132 valence electrons. The number of aromatic nitrogens is 4. The summed E-state index contributed by atoms with van der Waals surface area (Å²) in [6.07, 6.45) is 2.52. The summed E-state index contributed by atoms with van der Waals surface area (Å²) in [5, 5.41) is 10.5. The van der Waals surface area contributed by atoms with Gasteiger partial charge in [-0.3, -0.25) is 4.79 Å².